The number of carbonyl (C=O) groups is 1. The zero-order valence-electron chi connectivity index (χ0n) is 10.2. The highest BCUT2D eigenvalue weighted by Gasteiger charge is 2.49. The molecule has 1 amide bonds. The lowest BCUT2D eigenvalue weighted by atomic mass is 10.1. The number of rotatable bonds is 4. The van der Waals surface area contributed by atoms with Crippen molar-refractivity contribution in [2.75, 3.05) is 13.6 Å². The lowest BCUT2D eigenvalue weighted by Crippen LogP contribution is -2.37. The number of hydrogen-bond acceptors (Lipinski definition) is 2. The van der Waals surface area contributed by atoms with Crippen molar-refractivity contribution < 1.29 is 4.79 Å². The first-order chi connectivity index (χ1) is 8.50. The summed E-state index contributed by atoms with van der Waals surface area (Å²) in [6.07, 6.45) is 1.77. The Labute approximate surface area is 117 Å². The highest BCUT2D eigenvalue weighted by molar-refractivity contribution is 6.42. The molecular formula is C13H16Cl2N2O. The third-order valence-electron chi connectivity index (χ3n) is 3.48. The van der Waals surface area contributed by atoms with Gasteiger partial charge in [0.1, 0.15) is 0 Å². The van der Waals surface area contributed by atoms with Crippen LogP contribution in [0.5, 0.6) is 0 Å². The van der Waals surface area contributed by atoms with Gasteiger partial charge >= 0.3 is 0 Å². The predicted octanol–water partition coefficient (Wildman–Crippen LogP) is 2.69. The van der Waals surface area contributed by atoms with E-state index >= 15 is 0 Å². The molecule has 0 bridgehead atoms. The topological polar surface area (TPSA) is 46.3 Å². The average molecular weight is 287 g/mol. The van der Waals surface area contributed by atoms with Crippen molar-refractivity contribution in [2.45, 2.75) is 19.4 Å². The monoisotopic (exact) mass is 286 g/mol. The van der Waals surface area contributed by atoms with E-state index in [-0.39, 0.29) is 11.3 Å². The van der Waals surface area contributed by atoms with E-state index in [0.29, 0.717) is 23.1 Å². The Morgan fingerprint density at radius 3 is 2.67 bits per heavy atom. The molecule has 2 N–H and O–H groups in total. The van der Waals surface area contributed by atoms with Crippen LogP contribution in [0.4, 0.5) is 0 Å². The smallest absolute Gasteiger partial charge is 0.230 e. The Balaban J connectivity index is 2.10. The molecule has 0 spiro atoms. The summed E-state index contributed by atoms with van der Waals surface area (Å²) in [5, 5.41) is 1.02. The van der Waals surface area contributed by atoms with Crippen LogP contribution in [-0.2, 0) is 11.3 Å². The summed E-state index contributed by atoms with van der Waals surface area (Å²) < 4.78 is 0. The molecule has 18 heavy (non-hydrogen) atoms. The minimum absolute atomic E-state index is 0.0982. The second kappa shape index (κ2) is 5.08. The molecular weight excluding hydrogens is 271 g/mol. The zero-order chi connectivity index (χ0) is 13.3. The van der Waals surface area contributed by atoms with Crippen molar-refractivity contribution in [1.82, 2.24) is 4.90 Å². The molecule has 0 heterocycles. The van der Waals surface area contributed by atoms with Gasteiger partial charge in [0.25, 0.3) is 0 Å². The molecule has 2 rings (SSSR count). The third-order valence-corrected chi connectivity index (χ3v) is 4.34. The molecule has 0 radical (unpaired) electrons. The van der Waals surface area contributed by atoms with Crippen LogP contribution in [-0.4, -0.2) is 24.4 Å². The number of nitrogens with two attached hydrogens (primary N) is 1. The Morgan fingerprint density at radius 2 is 2.11 bits per heavy atom. The summed E-state index contributed by atoms with van der Waals surface area (Å²) >= 11 is 12.1. The fourth-order valence-electron chi connectivity index (χ4n) is 2.06. The predicted molar refractivity (Wildman–Crippen MR) is 73.7 cm³/mol. The van der Waals surface area contributed by atoms with Crippen molar-refractivity contribution in [2.24, 2.45) is 11.1 Å². The number of hydrogen-bond donors (Lipinski definition) is 1. The number of amides is 1. The third kappa shape index (κ3) is 2.48. The van der Waals surface area contributed by atoms with Crippen molar-refractivity contribution in [3.05, 3.63) is 33.8 Å². The van der Waals surface area contributed by atoms with E-state index < -0.39 is 0 Å². The van der Waals surface area contributed by atoms with E-state index in [1.807, 2.05) is 12.1 Å². The van der Waals surface area contributed by atoms with Gasteiger partial charge < -0.3 is 10.6 Å². The summed E-state index contributed by atoms with van der Waals surface area (Å²) in [6, 6.07) is 5.44. The standard InChI is InChI=1S/C13H16Cl2N2O/c1-17(12(18)13(8-16)5-6-13)7-9-3-2-4-10(14)11(9)15/h2-4H,5-8,16H2,1H3. The molecule has 98 valence electrons. The van der Waals surface area contributed by atoms with Crippen LogP contribution in [0.25, 0.3) is 0 Å². The number of nitrogens with zero attached hydrogens (tertiary/aromatic N) is 1. The Hall–Kier alpha value is -0.770. The fourth-order valence-corrected chi connectivity index (χ4v) is 2.44. The number of carbonyl (C=O) groups excluding carboxylic acids is 1. The Bertz CT molecular complexity index is 472. The van der Waals surface area contributed by atoms with Crippen LogP contribution in [0.1, 0.15) is 18.4 Å². The summed E-state index contributed by atoms with van der Waals surface area (Å²) in [6.45, 7) is 0.874. The normalized spacial score (nSPS) is 16.4. The molecule has 1 aliphatic rings. The number of halogens is 2. The molecule has 0 aliphatic heterocycles. The van der Waals surface area contributed by atoms with Gasteiger partial charge in [-0.15, -0.1) is 0 Å². The lowest BCUT2D eigenvalue weighted by Gasteiger charge is -2.23. The molecule has 1 saturated carbocycles. The molecule has 1 fully saturated rings. The molecule has 1 aliphatic carbocycles. The summed E-state index contributed by atoms with van der Waals surface area (Å²) in [4.78, 5) is 13.9. The van der Waals surface area contributed by atoms with Gasteiger partial charge in [-0.05, 0) is 24.5 Å². The quantitative estimate of drug-likeness (QED) is 0.925. The van der Waals surface area contributed by atoms with Gasteiger partial charge in [0.15, 0.2) is 0 Å². The second-order valence-electron chi connectivity index (χ2n) is 4.86. The largest absolute Gasteiger partial charge is 0.341 e. The van der Waals surface area contributed by atoms with E-state index in [1.54, 1.807) is 18.0 Å². The first-order valence-corrected chi connectivity index (χ1v) is 6.64. The van der Waals surface area contributed by atoms with E-state index in [2.05, 4.69) is 0 Å². The molecule has 0 unspecified atom stereocenters. The summed E-state index contributed by atoms with van der Waals surface area (Å²) in [7, 11) is 1.77. The summed E-state index contributed by atoms with van der Waals surface area (Å²) in [5.41, 5.74) is 6.20. The van der Waals surface area contributed by atoms with Crippen molar-refractivity contribution in [1.29, 1.82) is 0 Å². The maximum absolute atomic E-state index is 12.2. The van der Waals surface area contributed by atoms with Gasteiger partial charge in [0, 0.05) is 20.1 Å². The van der Waals surface area contributed by atoms with E-state index in [0.717, 1.165) is 18.4 Å². The maximum atomic E-state index is 12.2. The second-order valence-corrected chi connectivity index (χ2v) is 5.64. The average Bonchev–Trinajstić information content (AvgIpc) is 3.15. The van der Waals surface area contributed by atoms with Crippen LogP contribution in [0, 0.1) is 5.41 Å². The van der Waals surface area contributed by atoms with Gasteiger partial charge in [-0.3, -0.25) is 4.79 Å². The van der Waals surface area contributed by atoms with E-state index in [4.69, 9.17) is 28.9 Å². The zero-order valence-corrected chi connectivity index (χ0v) is 11.8. The van der Waals surface area contributed by atoms with Gasteiger partial charge in [0.05, 0.1) is 15.5 Å². The van der Waals surface area contributed by atoms with Crippen LogP contribution < -0.4 is 5.73 Å². The van der Waals surface area contributed by atoms with Gasteiger partial charge in [-0.1, -0.05) is 35.3 Å². The Kier molecular flexibility index (Phi) is 3.85. The minimum atomic E-state index is -0.320. The van der Waals surface area contributed by atoms with Gasteiger partial charge in [0.2, 0.25) is 5.91 Å². The molecule has 0 atom stereocenters. The maximum Gasteiger partial charge on any atom is 0.230 e. The lowest BCUT2D eigenvalue weighted by molar-refractivity contribution is -0.135. The highest BCUT2D eigenvalue weighted by Crippen LogP contribution is 2.46. The van der Waals surface area contributed by atoms with Crippen LogP contribution in [0.15, 0.2) is 18.2 Å². The first-order valence-electron chi connectivity index (χ1n) is 5.89. The first kappa shape index (κ1) is 13.7. The van der Waals surface area contributed by atoms with Crippen LogP contribution >= 0.6 is 23.2 Å². The molecule has 0 saturated heterocycles. The van der Waals surface area contributed by atoms with Gasteiger partial charge in [-0.25, -0.2) is 0 Å². The molecule has 1 aromatic carbocycles. The number of benzene rings is 1. The molecule has 5 heteroatoms. The summed E-state index contributed by atoms with van der Waals surface area (Å²) in [5.74, 6) is 0.0982. The van der Waals surface area contributed by atoms with Crippen molar-refractivity contribution in [3.8, 4) is 0 Å². The van der Waals surface area contributed by atoms with Crippen molar-refractivity contribution in [3.63, 3.8) is 0 Å². The minimum Gasteiger partial charge on any atom is -0.341 e. The molecule has 1 aromatic rings. The van der Waals surface area contributed by atoms with E-state index in [9.17, 15) is 4.79 Å². The molecule has 0 aromatic heterocycles. The SMILES string of the molecule is CN(Cc1cccc(Cl)c1Cl)C(=O)C1(CN)CC1. The van der Waals surface area contributed by atoms with Gasteiger partial charge in [-0.2, -0.15) is 0 Å². The van der Waals surface area contributed by atoms with Crippen molar-refractivity contribution >= 4 is 29.1 Å². The van der Waals surface area contributed by atoms with Crippen LogP contribution in [0.2, 0.25) is 10.0 Å². The highest BCUT2D eigenvalue weighted by atomic mass is 35.5. The molecule has 3 nitrogen and oxygen atoms in total. The van der Waals surface area contributed by atoms with Crippen LogP contribution in [0.3, 0.4) is 0 Å². The fraction of sp³-hybridized carbons (Fsp3) is 0.462. The Morgan fingerprint density at radius 1 is 1.44 bits per heavy atom. The van der Waals surface area contributed by atoms with E-state index in [1.165, 1.54) is 0 Å².